The topological polar surface area (TPSA) is 35.2 Å². The van der Waals surface area contributed by atoms with Crippen LogP contribution in [-0.2, 0) is 4.74 Å². The maximum atomic E-state index is 5.44. The number of nitrogens with two attached hydrogens (primary N) is 1. The minimum Gasteiger partial charge on any atom is -0.381 e. The molecule has 2 atom stereocenters. The SMILES string of the molecule is CC(CCCN)C1CCOC1. The lowest BCUT2D eigenvalue weighted by atomic mass is 9.90. The summed E-state index contributed by atoms with van der Waals surface area (Å²) in [6, 6.07) is 0. The average molecular weight is 157 g/mol. The van der Waals surface area contributed by atoms with Gasteiger partial charge in [-0.3, -0.25) is 0 Å². The Morgan fingerprint density at radius 1 is 1.64 bits per heavy atom. The van der Waals surface area contributed by atoms with Crippen LogP contribution in [0.15, 0.2) is 0 Å². The lowest BCUT2D eigenvalue weighted by Gasteiger charge is -2.16. The summed E-state index contributed by atoms with van der Waals surface area (Å²) in [5.41, 5.74) is 5.44. The molecule has 2 nitrogen and oxygen atoms in total. The number of hydrogen-bond acceptors (Lipinski definition) is 2. The minimum absolute atomic E-state index is 0.807. The van der Waals surface area contributed by atoms with Gasteiger partial charge < -0.3 is 10.5 Å². The Kier molecular flexibility index (Phi) is 3.87. The van der Waals surface area contributed by atoms with Crippen LogP contribution in [-0.4, -0.2) is 19.8 Å². The third-order valence-electron chi connectivity index (χ3n) is 2.63. The van der Waals surface area contributed by atoms with Crippen LogP contribution in [0.1, 0.15) is 26.2 Å². The molecule has 1 aliphatic heterocycles. The van der Waals surface area contributed by atoms with Crippen molar-refractivity contribution in [2.24, 2.45) is 17.6 Å². The zero-order valence-corrected chi connectivity index (χ0v) is 7.38. The average Bonchev–Trinajstić information content (AvgIpc) is 2.52. The molecule has 2 heteroatoms. The van der Waals surface area contributed by atoms with Gasteiger partial charge in [-0.1, -0.05) is 6.92 Å². The van der Waals surface area contributed by atoms with E-state index >= 15 is 0 Å². The van der Waals surface area contributed by atoms with Crippen LogP contribution >= 0.6 is 0 Å². The molecule has 1 rings (SSSR count). The molecule has 0 aromatic carbocycles. The second kappa shape index (κ2) is 4.73. The second-order valence-electron chi connectivity index (χ2n) is 3.53. The maximum absolute atomic E-state index is 5.44. The molecule has 1 heterocycles. The molecule has 2 unspecified atom stereocenters. The molecule has 0 aliphatic carbocycles. The van der Waals surface area contributed by atoms with E-state index in [1.165, 1.54) is 12.8 Å². The first-order chi connectivity index (χ1) is 5.34. The van der Waals surface area contributed by atoms with Gasteiger partial charge in [-0.2, -0.15) is 0 Å². The highest BCUT2D eigenvalue weighted by atomic mass is 16.5. The number of rotatable bonds is 4. The Bertz CT molecular complexity index is 99.7. The van der Waals surface area contributed by atoms with E-state index in [-0.39, 0.29) is 0 Å². The van der Waals surface area contributed by atoms with E-state index in [0.29, 0.717) is 0 Å². The first-order valence-electron chi connectivity index (χ1n) is 4.62. The standard InChI is InChI=1S/C9H19NO/c1-8(3-2-5-10)9-4-6-11-7-9/h8-9H,2-7,10H2,1H3. The van der Waals surface area contributed by atoms with Gasteiger partial charge in [0.2, 0.25) is 0 Å². The Balaban J connectivity index is 2.12. The van der Waals surface area contributed by atoms with Crippen molar-refractivity contribution in [1.82, 2.24) is 0 Å². The second-order valence-corrected chi connectivity index (χ2v) is 3.53. The van der Waals surface area contributed by atoms with Crippen molar-refractivity contribution < 1.29 is 4.74 Å². The lowest BCUT2D eigenvalue weighted by Crippen LogP contribution is -2.13. The molecular weight excluding hydrogens is 138 g/mol. The summed E-state index contributed by atoms with van der Waals surface area (Å²) in [7, 11) is 0. The Morgan fingerprint density at radius 2 is 2.45 bits per heavy atom. The third kappa shape index (κ3) is 2.80. The first kappa shape index (κ1) is 9.01. The van der Waals surface area contributed by atoms with Crippen molar-refractivity contribution in [2.75, 3.05) is 19.8 Å². The van der Waals surface area contributed by atoms with Crippen LogP contribution < -0.4 is 5.73 Å². The molecule has 0 radical (unpaired) electrons. The molecule has 1 aliphatic rings. The van der Waals surface area contributed by atoms with Crippen molar-refractivity contribution in [3.05, 3.63) is 0 Å². The van der Waals surface area contributed by atoms with Crippen LogP contribution in [0.2, 0.25) is 0 Å². The number of hydrogen-bond donors (Lipinski definition) is 1. The van der Waals surface area contributed by atoms with Gasteiger partial charge in [0.15, 0.2) is 0 Å². The van der Waals surface area contributed by atoms with Crippen LogP contribution in [0.25, 0.3) is 0 Å². The van der Waals surface area contributed by atoms with E-state index < -0.39 is 0 Å². The summed E-state index contributed by atoms with van der Waals surface area (Å²) >= 11 is 0. The molecule has 0 amide bonds. The van der Waals surface area contributed by atoms with E-state index in [1.807, 2.05) is 0 Å². The summed E-state index contributed by atoms with van der Waals surface area (Å²) in [6.07, 6.45) is 3.69. The van der Waals surface area contributed by atoms with Gasteiger partial charge in [-0.25, -0.2) is 0 Å². The molecule has 0 saturated carbocycles. The molecule has 2 N–H and O–H groups in total. The summed E-state index contributed by atoms with van der Waals surface area (Å²) < 4.78 is 5.33. The number of ether oxygens (including phenoxy) is 1. The van der Waals surface area contributed by atoms with Gasteiger partial charge in [-0.15, -0.1) is 0 Å². The van der Waals surface area contributed by atoms with Gasteiger partial charge in [0.25, 0.3) is 0 Å². The fourth-order valence-electron chi connectivity index (χ4n) is 1.68. The van der Waals surface area contributed by atoms with Gasteiger partial charge in [-0.05, 0) is 37.6 Å². The molecule has 11 heavy (non-hydrogen) atoms. The lowest BCUT2D eigenvalue weighted by molar-refractivity contribution is 0.172. The predicted octanol–water partition coefficient (Wildman–Crippen LogP) is 1.40. The summed E-state index contributed by atoms with van der Waals surface area (Å²) in [5.74, 6) is 1.61. The summed E-state index contributed by atoms with van der Waals surface area (Å²) in [6.45, 7) is 5.09. The monoisotopic (exact) mass is 157 g/mol. The van der Waals surface area contributed by atoms with Gasteiger partial charge in [0.1, 0.15) is 0 Å². The van der Waals surface area contributed by atoms with Gasteiger partial charge in [0.05, 0.1) is 0 Å². The quantitative estimate of drug-likeness (QED) is 0.669. The largest absolute Gasteiger partial charge is 0.381 e. The molecule has 66 valence electrons. The molecule has 0 spiro atoms. The summed E-state index contributed by atoms with van der Waals surface area (Å²) in [5, 5.41) is 0. The molecule has 0 aromatic heterocycles. The van der Waals surface area contributed by atoms with Crippen LogP contribution in [0.4, 0.5) is 0 Å². The highest BCUT2D eigenvalue weighted by Gasteiger charge is 2.21. The zero-order chi connectivity index (χ0) is 8.10. The molecule has 0 bridgehead atoms. The molecular formula is C9H19NO. The van der Waals surface area contributed by atoms with E-state index in [4.69, 9.17) is 10.5 Å². The Morgan fingerprint density at radius 3 is 3.00 bits per heavy atom. The van der Waals surface area contributed by atoms with E-state index in [1.54, 1.807) is 0 Å². The van der Waals surface area contributed by atoms with Gasteiger partial charge >= 0.3 is 0 Å². The smallest absolute Gasteiger partial charge is 0.0497 e. The molecule has 0 aromatic rings. The fourth-order valence-corrected chi connectivity index (χ4v) is 1.68. The maximum Gasteiger partial charge on any atom is 0.0497 e. The molecule has 1 fully saturated rings. The van der Waals surface area contributed by atoms with E-state index in [0.717, 1.165) is 38.0 Å². The predicted molar refractivity (Wildman–Crippen MR) is 46.4 cm³/mol. The first-order valence-corrected chi connectivity index (χ1v) is 4.62. The van der Waals surface area contributed by atoms with Crippen molar-refractivity contribution >= 4 is 0 Å². The van der Waals surface area contributed by atoms with Crippen LogP contribution in [0, 0.1) is 11.8 Å². The van der Waals surface area contributed by atoms with Crippen molar-refractivity contribution in [3.63, 3.8) is 0 Å². The van der Waals surface area contributed by atoms with Crippen molar-refractivity contribution in [3.8, 4) is 0 Å². The fraction of sp³-hybridized carbons (Fsp3) is 1.00. The summed E-state index contributed by atoms with van der Waals surface area (Å²) in [4.78, 5) is 0. The Hall–Kier alpha value is -0.0800. The van der Waals surface area contributed by atoms with E-state index in [2.05, 4.69) is 6.92 Å². The van der Waals surface area contributed by atoms with Gasteiger partial charge in [0, 0.05) is 13.2 Å². The zero-order valence-electron chi connectivity index (χ0n) is 7.38. The van der Waals surface area contributed by atoms with Crippen LogP contribution in [0.5, 0.6) is 0 Å². The normalized spacial score (nSPS) is 27.3. The minimum atomic E-state index is 0.807. The van der Waals surface area contributed by atoms with Crippen molar-refractivity contribution in [1.29, 1.82) is 0 Å². The van der Waals surface area contributed by atoms with Crippen molar-refractivity contribution in [2.45, 2.75) is 26.2 Å². The third-order valence-corrected chi connectivity index (χ3v) is 2.63. The van der Waals surface area contributed by atoms with Crippen LogP contribution in [0.3, 0.4) is 0 Å². The Labute approximate surface area is 69.1 Å². The highest BCUT2D eigenvalue weighted by Crippen LogP contribution is 2.24. The van der Waals surface area contributed by atoms with E-state index in [9.17, 15) is 0 Å². The molecule has 1 saturated heterocycles. The highest BCUT2D eigenvalue weighted by molar-refractivity contribution is 4.70.